The highest BCUT2D eigenvalue weighted by molar-refractivity contribution is 9.10. The topological polar surface area (TPSA) is 42.2 Å². The molecular weight excluding hydrogens is 408 g/mol. The van der Waals surface area contributed by atoms with Gasteiger partial charge in [-0.05, 0) is 60.4 Å². The molecule has 130 valence electrons. The van der Waals surface area contributed by atoms with E-state index in [4.69, 9.17) is 4.98 Å². The molecule has 0 fully saturated rings. The fraction of sp³-hybridized carbons (Fsp3) is 0.100. The molecule has 0 aliphatic heterocycles. The third kappa shape index (κ3) is 3.48. The van der Waals surface area contributed by atoms with Crippen LogP contribution in [0, 0.1) is 0 Å². The number of nitrogens with zero attached hydrogens (tertiary/aromatic N) is 3. The number of nitrogens with one attached hydrogen (secondary N) is 1. The van der Waals surface area contributed by atoms with E-state index in [-0.39, 0.29) is 0 Å². The second kappa shape index (κ2) is 7.51. The SMILES string of the molecule is CSCc1ccn2c(Nc3ccc(Br)cc3)c(-c3cccnc3)nc2c1. The summed E-state index contributed by atoms with van der Waals surface area (Å²) in [7, 11) is 0. The van der Waals surface area contributed by atoms with Gasteiger partial charge in [-0.1, -0.05) is 15.9 Å². The van der Waals surface area contributed by atoms with Gasteiger partial charge in [-0.25, -0.2) is 4.98 Å². The van der Waals surface area contributed by atoms with Gasteiger partial charge in [-0.2, -0.15) is 11.8 Å². The average Bonchev–Trinajstić information content (AvgIpc) is 3.02. The minimum absolute atomic E-state index is 0.891. The molecule has 0 aliphatic rings. The maximum absolute atomic E-state index is 4.88. The predicted octanol–water partition coefficient (Wildman–Crippen LogP) is 5.77. The molecule has 0 saturated carbocycles. The summed E-state index contributed by atoms with van der Waals surface area (Å²) >= 11 is 5.29. The number of thioether (sulfide) groups is 1. The molecule has 0 spiro atoms. The van der Waals surface area contributed by atoms with Crippen molar-refractivity contribution >= 4 is 44.8 Å². The number of benzene rings is 1. The van der Waals surface area contributed by atoms with Crippen molar-refractivity contribution in [1.29, 1.82) is 0 Å². The zero-order chi connectivity index (χ0) is 17.9. The van der Waals surface area contributed by atoms with E-state index in [2.05, 4.69) is 55.2 Å². The molecule has 0 saturated heterocycles. The quantitative estimate of drug-likeness (QED) is 0.441. The summed E-state index contributed by atoms with van der Waals surface area (Å²) in [6.45, 7) is 0. The molecule has 4 aromatic rings. The zero-order valence-electron chi connectivity index (χ0n) is 14.2. The normalized spacial score (nSPS) is 11.0. The van der Waals surface area contributed by atoms with Crippen LogP contribution in [0.15, 0.2) is 71.6 Å². The molecule has 1 aromatic carbocycles. The van der Waals surface area contributed by atoms with Crippen LogP contribution in [0.2, 0.25) is 0 Å². The first kappa shape index (κ1) is 17.1. The van der Waals surface area contributed by atoms with Gasteiger partial charge >= 0.3 is 0 Å². The largest absolute Gasteiger partial charge is 0.339 e. The Kier molecular flexibility index (Phi) is 4.95. The van der Waals surface area contributed by atoms with E-state index < -0.39 is 0 Å². The standard InChI is InChI=1S/C20H17BrN4S/c1-26-13-14-8-10-25-18(11-14)24-19(15-3-2-9-22-12-15)20(25)23-17-6-4-16(21)5-7-17/h2-12,23H,13H2,1H3. The Hall–Kier alpha value is -2.31. The fourth-order valence-electron chi connectivity index (χ4n) is 2.84. The molecule has 0 amide bonds. The van der Waals surface area contributed by atoms with Crippen LogP contribution in [-0.2, 0) is 5.75 Å². The minimum Gasteiger partial charge on any atom is -0.339 e. The molecule has 4 nitrogen and oxygen atoms in total. The Bertz CT molecular complexity index is 1030. The van der Waals surface area contributed by atoms with Gasteiger partial charge < -0.3 is 5.32 Å². The van der Waals surface area contributed by atoms with Crippen molar-refractivity contribution in [3.8, 4) is 11.3 Å². The first-order valence-corrected chi connectivity index (χ1v) is 10.4. The van der Waals surface area contributed by atoms with E-state index in [9.17, 15) is 0 Å². The highest BCUT2D eigenvalue weighted by Crippen LogP contribution is 2.31. The Morgan fingerprint density at radius 2 is 2.00 bits per heavy atom. The zero-order valence-corrected chi connectivity index (χ0v) is 16.6. The van der Waals surface area contributed by atoms with E-state index in [0.29, 0.717) is 0 Å². The molecule has 1 N–H and O–H groups in total. The lowest BCUT2D eigenvalue weighted by Gasteiger charge is -2.09. The van der Waals surface area contributed by atoms with Gasteiger partial charge in [0, 0.05) is 40.1 Å². The van der Waals surface area contributed by atoms with E-state index >= 15 is 0 Å². The summed E-state index contributed by atoms with van der Waals surface area (Å²) in [4.78, 5) is 9.13. The first-order chi connectivity index (χ1) is 12.7. The van der Waals surface area contributed by atoms with Gasteiger partial charge in [0.1, 0.15) is 17.2 Å². The molecule has 6 heteroatoms. The summed E-state index contributed by atoms with van der Waals surface area (Å²) in [6.07, 6.45) is 7.81. The summed E-state index contributed by atoms with van der Waals surface area (Å²) in [5, 5.41) is 3.52. The molecule has 0 aliphatic carbocycles. The third-order valence-corrected chi connectivity index (χ3v) is 5.19. The summed E-state index contributed by atoms with van der Waals surface area (Å²) in [5.74, 6) is 1.91. The highest BCUT2D eigenvalue weighted by Gasteiger charge is 2.15. The van der Waals surface area contributed by atoms with Crippen LogP contribution in [0.5, 0.6) is 0 Å². The van der Waals surface area contributed by atoms with Crippen molar-refractivity contribution in [2.75, 3.05) is 11.6 Å². The Labute approximate surface area is 164 Å². The van der Waals surface area contributed by atoms with E-state index in [1.54, 1.807) is 6.20 Å². The van der Waals surface area contributed by atoms with Crippen molar-refractivity contribution in [2.45, 2.75) is 5.75 Å². The maximum atomic E-state index is 4.88. The summed E-state index contributed by atoms with van der Waals surface area (Å²) < 4.78 is 3.14. The molecule has 0 bridgehead atoms. The smallest absolute Gasteiger partial charge is 0.143 e. The van der Waals surface area contributed by atoms with Crippen molar-refractivity contribution in [3.05, 3.63) is 77.2 Å². The van der Waals surface area contributed by atoms with Crippen molar-refractivity contribution in [2.24, 2.45) is 0 Å². The molecule has 3 aromatic heterocycles. The third-order valence-electron chi connectivity index (χ3n) is 4.04. The molecule has 0 radical (unpaired) electrons. The number of hydrogen-bond donors (Lipinski definition) is 1. The van der Waals surface area contributed by atoms with Gasteiger partial charge in [0.05, 0.1) is 0 Å². The Morgan fingerprint density at radius 3 is 2.73 bits per heavy atom. The fourth-order valence-corrected chi connectivity index (χ4v) is 3.61. The van der Waals surface area contributed by atoms with Gasteiger partial charge in [-0.3, -0.25) is 9.38 Å². The van der Waals surface area contributed by atoms with Crippen molar-refractivity contribution in [1.82, 2.24) is 14.4 Å². The second-order valence-corrected chi connectivity index (χ2v) is 7.66. The monoisotopic (exact) mass is 424 g/mol. The van der Waals surface area contributed by atoms with Crippen LogP contribution in [0.4, 0.5) is 11.5 Å². The molecule has 0 atom stereocenters. The van der Waals surface area contributed by atoms with Crippen LogP contribution < -0.4 is 5.32 Å². The minimum atomic E-state index is 0.891. The number of hydrogen-bond acceptors (Lipinski definition) is 4. The lowest BCUT2D eigenvalue weighted by molar-refractivity contribution is 1.17. The first-order valence-electron chi connectivity index (χ1n) is 8.17. The number of imidazole rings is 1. The lowest BCUT2D eigenvalue weighted by atomic mass is 10.2. The molecular formula is C20H17BrN4S. The number of rotatable bonds is 5. The molecule has 4 rings (SSSR count). The maximum Gasteiger partial charge on any atom is 0.143 e. The highest BCUT2D eigenvalue weighted by atomic mass is 79.9. The van der Waals surface area contributed by atoms with Crippen molar-refractivity contribution in [3.63, 3.8) is 0 Å². The molecule has 26 heavy (non-hydrogen) atoms. The molecule has 0 unspecified atom stereocenters. The molecule has 3 heterocycles. The van der Waals surface area contributed by atoms with Gasteiger partial charge in [0.15, 0.2) is 0 Å². The summed E-state index contributed by atoms with van der Waals surface area (Å²) in [5.41, 5.74) is 5.08. The number of aromatic nitrogens is 3. The average molecular weight is 425 g/mol. The van der Waals surface area contributed by atoms with E-state index in [0.717, 1.165) is 38.6 Å². The van der Waals surface area contributed by atoms with Gasteiger partial charge in [-0.15, -0.1) is 0 Å². The number of pyridine rings is 2. The van der Waals surface area contributed by atoms with E-state index in [1.165, 1.54) is 5.56 Å². The van der Waals surface area contributed by atoms with Crippen LogP contribution in [0.1, 0.15) is 5.56 Å². The number of fused-ring (bicyclic) bond motifs is 1. The Morgan fingerprint density at radius 1 is 1.15 bits per heavy atom. The summed E-state index contributed by atoms with van der Waals surface area (Å²) in [6, 6.07) is 16.4. The van der Waals surface area contributed by atoms with Crippen LogP contribution in [-0.4, -0.2) is 20.6 Å². The van der Waals surface area contributed by atoms with Crippen LogP contribution in [0.3, 0.4) is 0 Å². The van der Waals surface area contributed by atoms with Gasteiger partial charge in [0.25, 0.3) is 0 Å². The van der Waals surface area contributed by atoms with Crippen LogP contribution >= 0.6 is 27.7 Å². The van der Waals surface area contributed by atoms with Crippen molar-refractivity contribution < 1.29 is 0 Å². The number of halogens is 1. The lowest BCUT2D eigenvalue weighted by Crippen LogP contribution is -1.97. The Balaban J connectivity index is 1.85. The van der Waals surface area contributed by atoms with E-state index in [1.807, 2.05) is 54.4 Å². The second-order valence-electron chi connectivity index (χ2n) is 5.88. The van der Waals surface area contributed by atoms with Crippen LogP contribution in [0.25, 0.3) is 16.9 Å². The number of anilines is 2. The predicted molar refractivity (Wildman–Crippen MR) is 113 cm³/mol. The van der Waals surface area contributed by atoms with Gasteiger partial charge in [0.2, 0.25) is 0 Å².